The Morgan fingerprint density at radius 3 is 1.83 bits per heavy atom. The van der Waals surface area contributed by atoms with Crippen LogP contribution in [0, 0.1) is 0 Å². The second-order valence-corrected chi connectivity index (χ2v) is 1.81. The Labute approximate surface area is 71.2 Å². The summed E-state index contributed by atoms with van der Waals surface area (Å²) < 4.78 is 4.14. The molecule has 0 fully saturated rings. The Balaban J connectivity index is 0. The minimum atomic E-state index is -0.935. The Morgan fingerprint density at radius 1 is 1.50 bits per heavy atom. The van der Waals surface area contributed by atoms with Crippen molar-refractivity contribution in [3.05, 3.63) is 24.8 Å². The number of ether oxygens (including phenoxy) is 1. The van der Waals surface area contributed by atoms with E-state index in [0.717, 1.165) is 6.08 Å². The molecule has 0 saturated carbocycles. The molecule has 0 aromatic carbocycles. The minimum absolute atomic E-state index is 0.176. The second kappa shape index (κ2) is 7.53. The molecule has 0 spiro atoms. The summed E-state index contributed by atoms with van der Waals surface area (Å²) in [6.45, 7) is 7.76. The quantitative estimate of drug-likeness (QED) is 0.498. The van der Waals surface area contributed by atoms with E-state index in [9.17, 15) is 9.59 Å². The first-order valence-electron chi connectivity index (χ1n) is 3.04. The van der Waals surface area contributed by atoms with Crippen molar-refractivity contribution in [2.75, 3.05) is 7.11 Å². The van der Waals surface area contributed by atoms with Crippen molar-refractivity contribution in [3.63, 3.8) is 0 Å². The fourth-order valence-corrected chi connectivity index (χ4v) is 0.0833. The number of rotatable bonds is 2. The smallest absolute Gasteiger partial charge is 0.330 e. The van der Waals surface area contributed by atoms with Crippen molar-refractivity contribution in [2.45, 2.75) is 6.92 Å². The maximum atomic E-state index is 9.84. The number of hydrogen-bond donors (Lipinski definition) is 1. The third-order valence-corrected chi connectivity index (χ3v) is 0.733. The number of methoxy groups -OCH3 is 1. The van der Waals surface area contributed by atoms with Crippen molar-refractivity contribution < 1.29 is 19.4 Å². The first-order valence-corrected chi connectivity index (χ1v) is 3.04. The van der Waals surface area contributed by atoms with E-state index in [4.69, 9.17) is 5.11 Å². The van der Waals surface area contributed by atoms with Gasteiger partial charge >= 0.3 is 11.9 Å². The predicted molar refractivity (Wildman–Crippen MR) is 44.7 cm³/mol. The van der Waals surface area contributed by atoms with Gasteiger partial charge < -0.3 is 9.84 Å². The summed E-state index contributed by atoms with van der Waals surface area (Å²) in [5.74, 6) is -1.33. The molecule has 0 aliphatic rings. The van der Waals surface area contributed by atoms with Gasteiger partial charge in [-0.25, -0.2) is 9.59 Å². The maximum absolute atomic E-state index is 9.84. The number of carbonyl (C=O) groups excluding carboxylic acids is 1. The molecule has 0 aromatic heterocycles. The van der Waals surface area contributed by atoms with Crippen LogP contribution in [0.25, 0.3) is 0 Å². The van der Waals surface area contributed by atoms with E-state index in [2.05, 4.69) is 17.9 Å². The van der Waals surface area contributed by atoms with Gasteiger partial charge in [-0.3, -0.25) is 0 Å². The highest BCUT2D eigenvalue weighted by Crippen LogP contribution is 1.81. The molecular formula is C8H12O4. The number of carboxylic acid groups (broad SMARTS) is 1. The van der Waals surface area contributed by atoms with E-state index in [1.54, 1.807) is 0 Å². The highest BCUT2D eigenvalue weighted by molar-refractivity contribution is 5.84. The summed E-state index contributed by atoms with van der Waals surface area (Å²) in [7, 11) is 1.31. The normalized spacial score (nSPS) is 7.17. The molecule has 68 valence electrons. The van der Waals surface area contributed by atoms with Crippen molar-refractivity contribution in [3.8, 4) is 0 Å². The topological polar surface area (TPSA) is 63.6 Å². The van der Waals surface area contributed by atoms with E-state index >= 15 is 0 Å². The molecule has 0 heterocycles. The van der Waals surface area contributed by atoms with Gasteiger partial charge in [0.15, 0.2) is 0 Å². The van der Waals surface area contributed by atoms with E-state index in [1.807, 2.05) is 0 Å². The lowest BCUT2D eigenvalue weighted by Gasteiger charge is -1.83. The van der Waals surface area contributed by atoms with Gasteiger partial charge in [0.2, 0.25) is 0 Å². The zero-order chi connectivity index (χ0) is 10.1. The maximum Gasteiger partial charge on any atom is 0.330 e. The van der Waals surface area contributed by atoms with Gasteiger partial charge in [0.25, 0.3) is 0 Å². The number of esters is 1. The van der Waals surface area contributed by atoms with E-state index < -0.39 is 11.9 Å². The molecule has 0 atom stereocenters. The van der Waals surface area contributed by atoms with Crippen LogP contribution in [0.5, 0.6) is 0 Å². The minimum Gasteiger partial charge on any atom is -0.478 e. The molecule has 0 rings (SSSR count). The van der Waals surface area contributed by atoms with Crippen LogP contribution < -0.4 is 0 Å². The predicted octanol–water partition coefficient (Wildman–Crippen LogP) is 0.992. The zero-order valence-electron chi connectivity index (χ0n) is 7.16. The summed E-state index contributed by atoms with van der Waals surface area (Å²) in [6, 6.07) is 0. The van der Waals surface area contributed by atoms with Crippen molar-refractivity contribution in [1.82, 2.24) is 0 Å². The molecule has 4 heteroatoms. The van der Waals surface area contributed by atoms with Gasteiger partial charge in [-0.2, -0.15) is 0 Å². The number of carbonyl (C=O) groups is 2. The van der Waals surface area contributed by atoms with Crippen LogP contribution in [0.1, 0.15) is 6.92 Å². The van der Waals surface area contributed by atoms with Gasteiger partial charge in [0.05, 0.1) is 7.11 Å². The highest BCUT2D eigenvalue weighted by Gasteiger charge is 1.90. The third kappa shape index (κ3) is 11.2. The van der Waals surface area contributed by atoms with Crippen LogP contribution in [-0.4, -0.2) is 24.2 Å². The number of aliphatic carboxylic acids is 1. The first kappa shape index (κ1) is 13.0. The highest BCUT2D eigenvalue weighted by atomic mass is 16.5. The average molecular weight is 172 g/mol. The largest absolute Gasteiger partial charge is 0.478 e. The number of hydrogen-bond acceptors (Lipinski definition) is 3. The van der Waals surface area contributed by atoms with Crippen LogP contribution >= 0.6 is 0 Å². The van der Waals surface area contributed by atoms with E-state index in [0.29, 0.717) is 0 Å². The van der Waals surface area contributed by atoms with Crippen LogP contribution in [0.15, 0.2) is 24.8 Å². The van der Waals surface area contributed by atoms with Crippen LogP contribution in [0.2, 0.25) is 0 Å². The molecule has 0 bridgehead atoms. The molecule has 0 radical (unpaired) electrons. The van der Waals surface area contributed by atoms with Crippen molar-refractivity contribution in [1.29, 1.82) is 0 Å². The lowest BCUT2D eigenvalue weighted by molar-refractivity contribution is -0.135. The molecule has 1 N–H and O–H groups in total. The summed E-state index contributed by atoms with van der Waals surface area (Å²) >= 11 is 0. The molecule has 4 nitrogen and oxygen atoms in total. The standard InChI is InChI=1S/2C4H6O2/c1-3-4(5)6-2;1-3(2)4(5)6/h3H,1H2,2H3;1H2,2H3,(H,5,6). The molecular weight excluding hydrogens is 160 g/mol. The Morgan fingerprint density at radius 2 is 1.83 bits per heavy atom. The zero-order valence-corrected chi connectivity index (χ0v) is 7.16. The molecule has 0 unspecified atom stereocenters. The van der Waals surface area contributed by atoms with Gasteiger partial charge in [-0.15, -0.1) is 0 Å². The van der Waals surface area contributed by atoms with Gasteiger partial charge in [0.1, 0.15) is 0 Å². The number of carboxylic acids is 1. The Bertz CT molecular complexity index is 178. The van der Waals surface area contributed by atoms with Gasteiger partial charge in [-0.1, -0.05) is 13.2 Å². The van der Waals surface area contributed by atoms with Gasteiger partial charge in [-0.05, 0) is 6.92 Å². The molecule has 0 amide bonds. The lowest BCUT2D eigenvalue weighted by atomic mass is 10.4. The molecule has 0 aromatic rings. The lowest BCUT2D eigenvalue weighted by Crippen LogP contribution is -1.92. The van der Waals surface area contributed by atoms with Crippen LogP contribution in [0.3, 0.4) is 0 Å². The Kier molecular flexibility index (Phi) is 8.18. The molecule has 12 heavy (non-hydrogen) atoms. The summed E-state index contributed by atoms with van der Waals surface area (Å²) in [6.07, 6.45) is 1.11. The fourth-order valence-electron chi connectivity index (χ4n) is 0.0833. The first-order chi connectivity index (χ1) is 5.45. The molecule has 0 saturated heterocycles. The summed E-state index contributed by atoms with van der Waals surface area (Å²) in [4.78, 5) is 19.4. The van der Waals surface area contributed by atoms with Crippen LogP contribution in [-0.2, 0) is 14.3 Å². The van der Waals surface area contributed by atoms with Crippen molar-refractivity contribution in [2.24, 2.45) is 0 Å². The average Bonchev–Trinajstić information content (AvgIpc) is 2.04. The van der Waals surface area contributed by atoms with Crippen LogP contribution in [0.4, 0.5) is 0 Å². The summed E-state index contributed by atoms with van der Waals surface area (Å²) in [5, 5.41) is 7.89. The second-order valence-electron chi connectivity index (χ2n) is 1.81. The SMILES string of the molecule is C=C(C)C(=O)O.C=CC(=O)OC. The van der Waals surface area contributed by atoms with Crippen molar-refractivity contribution >= 4 is 11.9 Å². The third-order valence-electron chi connectivity index (χ3n) is 0.733. The van der Waals surface area contributed by atoms with E-state index in [-0.39, 0.29) is 5.57 Å². The van der Waals surface area contributed by atoms with Gasteiger partial charge in [0, 0.05) is 11.6 Å². The fraction of sp³-hybridized carbons (Fsp3) is 0.250. The van der Waals surface area contributed by atoms with E-state index in [1.165, 1.54) is 14.0 Å². The Hall–Kier alpha value is -1.58. The summed E-state index contributed by atoms with van der Waals surface area (Å²) in [5.41, 5.74) is 0.176. The molecule has 0 aliphatic heterocycles. The molecule has 0 aliphatic carbocycles. The monoisotopic (exact) mass is 172 g/mol.